The number of unbranched alkanes of at least 4 members (excludes halogenated alkanes) is 6. The van der Waals surface area contributed by atoms with E-state index in [-0.39, 0.29) is 5.34 Å². The molecule has 1 rings (SSSR count). The summed E-state index contributed by atoms with van der Waals surface area (Å²) >= 11 is 0. The maximum absolute atomic E-state index is 13.3. The lowest BCUT2D eigenvalue weighted by atomic mass is 10.1. The van der Waals surface area contributed by atoms with Gasteiger partial charge in [-0.05, 0) is 18.2 Å². The molecule has 0 unspecified atom stereocenters. The lowest BCUT2D eigenvalue weighted by Crippen LogP contribution is -2.40. The van der Waals surface area contributed by atoms with E-state index in [4.69, 9.17) is 0 Å². The Hall–Kier alpha value is -1.33. The summed E-state index contributed by atoms with van der Waals surface area (Å²) in [7, 11) is 0. The molecule has 0 saturated heterocycles. The van der Waals surface area contributed by atoms with Gasteiger partial charge in [-0.3, -0.25) is 0 Å². The molecule has 0 amide bonds. The zero-order chi connectivity index (χ0) is 15.5. The largest absolute Gasteiger partial charge is 0.357 e. The van der Waals surface area contributed by atoms with E-state index in [0.717, 1.165) is 38.8 Å². The molecule has 21 heavy (non-hydrogen) atoms. The van der Waals surface area contributed by atoms with Crippen molar-refractivity contribution in [2.24, 2.45) is 5.10 Å². The van der Waals surface area contributed by atoms with Crippen LogP contribution in [0, 0.1) is 0 Å². The third-order valence-corrected chi connectivity index (χ3v) is 3.55. The molecule has 0 spiro atoms. The van der Waals surface area contributed by atoms with E-state index in [0.29, 0.717) is 5.82 Å². The first-order chi connectivity index (χ1) is 10.2. The van der Waals surface area contributed by atoms with E-state index in [9.17, 15) is 8.87 Å². The minimum Gasteiger partial charge on any atom is -0.357 e. The van der Waals surface area contributed by atoms with E-state index >= 15 is 0 Å². The van der Waals surface area contributed by atoms with Gasteiger partial charge in [0.2, 0.25) is 5.97 Å². The summed E-state index contributed by atoms with van der Waals surface area (Å²) in [6.45, 7) is 5.96. The Balaban J connectivity index is 2.51. The van der Waals surface area contributed by atoms with E-state index < -0.39 is 5.97 Å². The molecule has 4 nitrogen and oxygen atoms in total. The van der Waals surface area contributed by atoms with E-state index in [1.165, 1.54) is 31.8 Å². The average Bonchev–Trinajstić information content (AvgIpc) is 2.44. The van der Waals surface area contributed by atoms with Gasteiger partial charge in [-0.15, -0.1) is 0 Å². The molecule has 1 N–H and O–H groups in total. The lowest BCUT2D eigenvalue weighted by Gasteiger charge is -2.30. The molecule has 0 saturated carbocycles. The van der Waals surface area contributed by atoms with Gasteiger partial charge in [0.15, 0.2) is 0 Å². The van der Waals surface area contributed by atoms with Crippen LogP contribution in [0.1, 0.15) is 65.2 Å². The summed E-state index contributed by atoms with van der Waals surface area (Å²) in [6.07, 6.45) is 10.4. The summed E-state index contributed by atoms with van der Waals surface area (Å²) in [4.78, 5) is 2.02. The van der Waals surface area contributed by atoms with Crippen LogP contribution in [0.4, 0.5) is 8.87 Å². The average molecular weight is 302 g/mol. The summed E-state index contributed by atoms with van der Waals surface area (Å²) in [5.41, 5.74) is 2.45. The van der Waals surface area contributed by atoms with Crippen LogP contribution in [0.3, 0.4) is 0 Å². The third-order valence-electron chi connectivity index (χ3n) is 3.55. The van der Waals surface area contributed by atoms with Crippen LogP contribution in [0.2, 0.25) is 0 Å². The topological polar surface area (TPSA) is 30.9 Å². The molecule has 6 heteroatoms. The van der Waals surface area contributed by atoms with E-state index in [1.54, 1.807) is 0 Å². The standard InChI is InChI=1S/C15H28F2N4/c1-3-5-7-9-11-20(12-10-8-6-4-2)15-13-14(16)18-21(17)19-15/h13,19H,3-12H2,1-2H3. The highest BCUT2D eigenvalue weighted by molar-refractivity contribution is 5.87. The molecule has 0 aromatic heterocycles. The smallest absolute Gasteiger partial charge is 0.239 e. The second kappa shape index (κ2) is 10.4. The SMILES string of the molecule is CCCCCCN(CCCCCC)C1=CC(F)=NN(F)N1. The second-order valence-electron chi connectivity index (χ2n) is 5.43. The number of hydrogen-bond donors (Lipinski definition) is 1. The van der Waals surface area contributed by atoms with Crippen molar-refractivity contribution in [3.63, 3.8) is 0 Å². The molecule has 0 aromatic carbocycles. The van der Waals surface area contributed by atoms with Crippen molar-refractivity contribution in [1.82, 2.24) is 15.7 Å². The van der Waals surface area contributed by atoms with Gasteiger partial charge in [-0.2, -0.15) is 4.39 Å². The minimum atomic E-state index is -0.807. The lowest BCUT2D eigenvalue weighted by molar-refractivity contribution is -0.0318. The van der Waals surface area contributed by atoms with Gasteiger partial charge in [0, 0.05) is 19.2 Å². The van der Waals surface area contributed by atoms with Crippen LogP contribution in [0.5, 0.6) is 0 Å². The van der Waals surface area contributed by atoms with Crippen LogP contribution in [0.25, 0.3) is 0 Å². The molecule has 0 aliphatic carbocycles. The molecule has 0 aromatic rings. The van der Waals surface area contributed by atoms with Crippen molar-refractivity contribution in [1.29, 1.82) is 0 Å². The Labute approximate surface area is 126 Å². The molecule has 0 bridgehead atoms. The van der Waals surface area contributed by atoms with Gasteiger partial charge < -0.3 is 4.90 Å². The van der Waals surface area contributed by atoms with Gasteiger partial charge >= 0.3 is 0 Å². The second-order valence-corrected chi connectivity index (χ2v) is 5.43. The van der Waals surface area contributed by atoms with Crippen molar-refractivity contribution in [3.8, 4) is 0 Å². The number of hydrogen-bond acceptors (Lipinski definition) is 4. The molecule has 122 valence electrons. The molecule has 0 fully saturated rings. The normalized spacial score (nSPS) is 14.6. The summed E-state index contributed by atoms with van der Waals surface area (Å²) < 4.78 is 26.4. The first-order valence-electron chi connectivity index (χ1n) is 8.10. The van der Waals surface area contributed by atoms with Crippen LogP contribution in [-0.2, 0) is 0 Å². The Morgan fingerprint density at radius 3 is 2.10 bits per heavy atom. The summed E-state index contributed by atoms with van der Waals surface area (Å²) in [5, 5.41) is 2.98. The Bertz CT molecular complexity index is 333. The zero-order valence-corrected chi connectivity index (χ0v) is 13.2. The molecule has 1 aliphatic rings. The van der Waals surface area contributed by atoms with Crippen LogP contribution in [0.15, 0.2) is 17.0 Å². The third kappa shape index (κ3) is 7.29. The van der Waals surface area contributed by atoms with E-state index in [1.807, 2.05) is 4.90 Å². The fourth-order valence-electron chi connectivity index (χ4n) is 2.35. The number of nitrogens with zero attached hydrogens (tertiary/aromatic N) is 3. The van der Waals surface area contributed by atoms with Crippen molar-refractivity contribution < 1.29 is 8.87 Å². The predicted molar refractivity (Wildman–Crippen MR) is 82.6 cm³/mol. The van der Waals surface area contributed by atoms with Gasteiger partial charge in [0.25, 0.3) is 0 Å². The first kappa shape index (κ1) is 17.7. The Morgan fingerprint density at radius 1 is 1.05 bits per heavy atom. The Kier molecular flexibility index (Phi) is 8.78. The molecule has 1 heterocycles. The van der Waals surface area contributed by atoms with Crippen molar-refractivity contribution in [2.45, 2.75) is 65.2 Å². The minimum absolute atomic E-state index is 0.0598. The maximum Gasteiger partial charge on any atom is 0.239 e. The van der Waals surface area contributed by atoms with Gasteiger partial charge in [-0.1, -0.05) is 62.0 Å². The predicted octanol–water partition coefficient (Wildman–Crippen LogP) is 4.28. The highest BCUT2D eigenvalue weighted by Crippen LogP contribution is 2.13. The highest BCUT2D eigenvalue weighted by atomic mass is 19.2. The molecular formula is C15H28F2N4. The number of hydrazine groups is 1. The molecule has 0 radical (unpaired) electrons. The quantitative estimate of drug-likeness (QED) is 0.456. The Morgan fingerprint density at radius 2 is 1.62 bits per heavy atom. The van der Waals surface area contributed by atoms with Gasteiger partial charge in [0.05, 0.1) is 0 Å². The number of halogens is 2. The monoisotopic (exact) mass is 302 g/mol. The van der Waals surface area contributed by atoms with Gasteiger partial charge in [-0.25, -0.2) is 5.43 Å². The zero-order valence-electron chi connectivity index (χ0n) is 13.2. The van der Waals surface area contributed by atoms with Crippen molar-refractivity contribution in [3.05, 3.63) is 11.9 Å². The van der Waals surface area contributed by atoms with Gasteiger partial charge in [0.1, 0.15) is 5.82 Å². The summed E-state index contributed by atoms with van der Waals surface area (Å²) in [5.74, 6) is -0.351. The number of nitrogens with one attached hydrogen (secondary N) is 1. The van der Waals surface area contributed by atoms with Crippen molar-refractivity contribution in [2.75, 3.05) is 13.1 Å². The van der Waals surface area contributed by atoms with E-state index in [2.05, 4.69) is 24.4 Å². The maximum atomic E-state index is 13.3. The molecule has 1 aliphatic heterocycles. The molecular weight excluding hydrogens is 274 g/mol. The van der Waals surface area contributed by atoms with Crippen LogP contribution < -0.4 is 5.43 Å². The molecule has 0 atom stereocenters. The first-order valence-corrected chi connectivity index (χ1v) is 8.10. The number of allylic oxidation sites excluding steroid dienone is 1. The summed E-state index contributed by atoms with van der Waals surface area (Å²) in [6, 6.07) is 0. The van der Waals surface area contributed by atoms with Crippen LogP contribution in [-0.4, -0.2) is 29.3 Å². The fraction of sp³-hybridized carbons (Fsp3) is 0.800. The van der Waals surface area contributed by atoms with Crippen LogP contribution >= 0.6 is 0 Å². The fourth-order valence-corrected chi connectivity index (χ4v) is 2.35. The highest BCUT2D eigenvalue weighted by Gasteiger charge is 2.17. The number of rotatable bonds is 11. The van der Waals surface area contributed by atoms with Crippen molar-refractivity contribution >= 4 is 5.97 Å². The number of hydrazone groups is 1.